The molecule has 3 heteroatoms. The summed E-state index contributed by atoms with van der Waals surface area (Å²) in [6, 6.07) is 0. The van der Waals surface area contributed by atoms with Crippen LogP contribution in [-0.2, 0) is 0 Å². The number of hydrogen-bond acceptors (Lipinski definition) is 0. The predicted octanol–water partition coefficient (Wildman–Crippen LogP) is -5.40. The Kier molecular flexibility index (Phi) is 43.7. The maximum absolute atomic E-state index is 3.74. The van der Waals surface area contributed by atoms with Crippen LogP contribution in [-0.4, -0.2) is 0 Å². The van der Waals surface area contributed by atoms with E-state index < -0.39 is 0 Å². The van der Waals surface area contributed by atoms with Crippen molar-refractivity contribution in [2.45, 2.75) is 45.4 Å². The van der Waals surface area contributed by atoms with Crippen LogP contribution in [0.3, 0.4) is 0 Å². The number of hydrogen-bond donors (Lipinski definition) is 0. The van der Waals surface area contributed by atoms with Crippen LogP contribution >= 0.6 is 0 Å². The summed E-state index contributed by atoms with van der Waals surface area (Å²) in [5.74, 6) is 0. The van der Waals surface area contributed by atoms with Crippen molar-refractivity contribution in [3.8, 4) is 0 Å². The Balaban J connectivity index is -0.000000135. The summed E-state index contributed by atoms with van der Waals surface area (Å²) in [5, 5.41) is 0. The number of unbranched alkanes of at least 4 members (excludes halogenated alkanes) is 7. The molecule has 0 aromatic rings. The van der Waals surface area contributed by atoms with Crippen molar-refractivity contribution < 1.29 is 56.6 Å². The van der Waals surface area contributed by atoms with E-state index in [4.69, 9.17) is 0 Å². The molecule has 0 fully saturated rings. The van der Waals surface area contributed by atoms with Gasteiger partial charge in [0.15, 0.2) is 0 Å². The van der Waals surface area contributed by atoms with Crippen molar-refractivity contribution in [3.63, 3.8) is 0 Å². The second kappa shape index (κ2) is 23.5. The van der Waals surface area contributed by atoms with Crippen LogP contribution in [0, 0.1) is 19.8 Å². The molecule has 0 aromatic carbocycles. The molecule has 0 radical (unpaired) electrons. The molecule has 13 heavy (non-hydrogen) atoms. The first-order valence-corrected chi connectivity index (χ1v) is 4.34. The average molecular weight is 160 g/mol. The molecule has 0 saturated carbocycles. The van der Waals surface area contributed by atoms with Crippen LogP contribution in [0.1, 0.15) is 45.4 Å². The van der Waals surface area contributed by atoms with Gasteiger partial charge in [-0.2, -0.15) is 6.42 Å². The second-order valence-corrected chi connectivity index (χ2v) is 2.60. The van der Waals surface area contributed by atoms with Crippen LogP contribution in [0.5, 0.6) is 0 Å². The van der Waals surface area contributed by atoms with E-state index in [1.54, 1.807) is 0 Å². The molecule has 0 heterocycles. The fourth-order valence-corrected chi connectivity index (χ4v) is 0.892. The van der Waals surface area contributed by atoms with Crippen LogP contribution in [0.4, 0.5) is 0 Å². The fourth-order valence-electron chi connectivity index (χ4n) is 0.892. The minimum Gasteiger partial charge on any atom is -0.386 e. The van der Waals surface area contributed by atoms with Crippen LogP contribution in [0.15, 0.2) is 0 Å². The van der Waals surface area contributed by atoms with Gasteiger partial charge in [-0.25, -0.2) is 0 Å². The average Bonchev–Trinajstić information content (AvgIpc) is 1.97. The summed E-state index contributed by atoms with van der Waals surface area (Å²) in [6.07, 6.45) is 12.0. The van der Waals surface area contributed by atoms with E-state index in [-0.39, 0.29) is 56.6 Å². The van der Waals surface area contributed by atoms with Gasteiger partial charge in [-0.3, -0.25) is 0 Å². The summed E-state index contributed by atoms with van der Waals surface area (Å²) in [4.78, 5) is 0. The smallest absolute Gasteiger partial charge is 0.386 e. The quantitative estimate of drug-likeness (QED) is 0.198. The molecule has 0 rings (SSSR count). The Bertz CT molecular complexity index is 50.1. The summed E-state index contributed by atoms with van der Waals surface area (Å²) < 4.78 is 0. The van der Waals surface area contributed by atoms with Gasteiger partial charge in [0.2, 0.25) is 0 Å². The van der Waals surface area contributed by atoms with Gasteiger partial charge in [-0.05, 0) is 0 Å². The van der Waals surface area contributed by atoms with Crippen molar-refractivity contribution in [3.05, 3.63) is 19.8 Å². The van der Waals surface area contributed by atoms with Crippen molar-refractivity contribution in [2.24, 2.45) is 0 Å². The van der Waals surface area contributed by atoms with E-state index in [0.717, 1.165) is 12.8 Å². The van der Waals surface area contributed by atoms with E-state index in [1.807, 2.05) is 0 Å². The van der Waals surface area contributed by atoms with Gasteiger partial charge in [-0.1, -0.05) is 26.2 Å². The van der Waals surface area contributed by atoms with Gasteiger partial charge in [-0.15, -0.1) is 0 Å². The topological polar surface area (TPSA) is 0 Å². The summed E-state index contributed by atoms with van der Waals surface area (Å²) in [6.45, 7) is 5.98. The minimum absolute atomic E-state index is 0. The Morgan fingerprint density at radius 1 is 1.00 bits per heavy atom. The van der Waals surface area contributed by atoms with E-state index in [2.05, 4.69) is 26.7 Å². The molecule has 0 N–H and O–H groups in total. The minimum atomic E-state index is 0. The zero-order chi connectivity index (χ0) is 7.66. The molecule has 0 aliphatic carbocycles. The maximum atomic E-state index is 3.74. The molecule has 0 atom stereocenters. The Morgan fingerprint density at radius 2 is 1.62 bits per heavy atom. The normalized spacial score (nSPS) is 7.85. The van der Waals surface area contributed by atoms with E-state index in [0.29, 0.717) is 0 Å². The van der Waals surface area contributed by atoms with Crippen molar-refractivity contribution in [2.75, 3.05) is 0 Å². The Hall–Kier alpha value is 1.79. The molecule has 62 valence electrons. The zero-order valence-electron chi connectivity index (χ0n) is 10.1. The molecule has 0 nitrogen and oxygen atoms in total. The molecular weight excluding hydrogens is 141 g/mol. The van der Waals surface area contributed by atoms with Gasteiger partial charge in [0.1, 0.15) is 0 Å². The van der Waals surface area contributed by atoms with Gasteiger partial charge in [0, 0.05) is 0 Å². The third kappa shape index (κ3) is 24.8. The van der Waals surface area contributed by atoms with Gasteiger partial charge < -0.3 is 32.6 Å². The van der Waals surface area contributed by atoms with E-state index in [9.17, 15) is 0 Å². The largest absolute Gasteiger partial charge is 1.00 e. The first-order chi connectivity index (χ1) is 4.91. The molecular formula is C10H19Li3. The zero-order valence-corrected chi connectivity index (χ0v) is 10.1. The summed E-state index contributed by atoms with van der Waals surface area (Å²) in [7, 11) is 0. The van der Waals surface area contributed by atoms with Crippen molar-refractivity contribution in [1.29, 1.82) is 0 Å². The number of rotatable bonds is 7. The van der Waals surface area contributed by atoms with Crippen LogP contribution in [0.25, 0.3) is 0 Å². The third-order valence-electron chi connectivity index (χ3n) is 1.55. The maximum Gasteiger partial charge on any atom is 1.00 e. The van der Waals surface area contributed by atoms with Crippen molar-refractivity contribution in [1.82, 2.24) is 0 Å². The fraction of sp³-hybridized carbons (Fsp3) is 0.700. The SMILES string of the molecule is [CH2-]C[CH-]C[CH-]CCCCC.[Li+].[Li+].[Li+]. The van der Waals surface area contributed by atoms with Crippen LogP contribution in [0.2, 0.25) is 0 Å². The monoisotopic (exact) mass is 160 g/mol. The summed E-state index contributed by atoms with van der Waals surface area (Å²) in [5.41, 5.74) is 0. The first kappa shape index (κ1) is 24.2. The van der Waals surface area contributed by atoms with Gasteiger partial charge in [0.05, 0.1) is 0 Å². The molecule has 0 unspecified atom stereocenters. The molecule has 0 spiro atoms. The molecule has 0 saturated heterocycles. The van der Waals surface area contributed by atoms with E-state index >= 15 is 0 Å². The van der Waals surface area contributed by atoms with Gasteiger partial charge in [0.25, 0.3) is 0 Å². The molecule has 0 aliphatic heterocycles. The summed E-state index contributed by atoms with van der Waals surface area (Å²) >= 11 is 0. The molecule has 0 aromatic heterocycles. The van der Waals surface area contributed by atoms with E-state index in [1.165, 1.54) is 25.7 Å². The molecule has 0 amide bonds. The standard InChI is InChI=1S/C10H19.3Li/c1-3-5-7-9-10-8-6-4-2;;;/h5,9H,1,3-4,6-8,10H2,2H3;;;/q-3;3*+1. The molecule has 0 bridgehead atoms. The van der Waals surface area contributed by atoms with Crippen molar-refractivity contribution >= 4 is 0 Å². The predicted molar refractivity (Wildman–Crippen MR) is 47.3 cm³/mol. The second-order valence-electron chi connectivity index (χ2n) is 2.60. The van der Waals surface area contributed by atoms with Crippen LogP contribution < -0.4 is 56.6 Å². The molecule has 0 aliphatic rings. The third-order valence-corrected chi connectivity index (χ3v) is 1.55. The first-order valence-electron chi connectivity index (χ1n) is 4.34. The van der Waals surface area contributed by atoms with Gasteiger partial charge >= 0.3 is 56.6 Å². The Labute approximate surface area is 121 Å². The Morgan fingerprint density at radius 3 is 2.08 bits per heavy atom.